The average Bonchev–Trinajstić information content (AvgIpc) is 3.54. The molecule has 5 nitrogen and oxygen atoms in total. The molecule has 5 heteroatoms. The van der Waals surface area contributed by atoms with Crippen molar-refractivity contribution >= 4 is 11.9 Å². The second-order valence-electron chi connectivity index (χ2n) is 14.9. The van der Waals surface area contributed by atoms with Crippen LogP contribution < -0.4 is 0 Å². The van der Waals surface area contributed by atoms with E-state index in [1.54, 1.807) is 6.08 Å². The van der Waals surface area contributed by atoms with E-state index in [2.05, 4.69) is 32.6 Å². The lowest BCUT2D eigenvalue weighted by Crippen LogP contribution is -2.71. The fraction of sp³-hybridized carbons (Fsp3) is 0.824. The summed E-state index contributed by atoms with van der Waals surface area (Å²) in [5.74, 6) is 7.02. The third kappa shape index (κ3) is 4.30. The lowest BCUT2D eigenvalue weighted by Gasteiger charge is -2.69. The van der Waals surface area contributed by atoms with Gasteiger partial charge in [-0.25, -0.2) is 4.79 Å². The number of cyclic esters (lactones) is 1. The van der Waals surface area contributed by atoms with Gasteiger partial charge in [0.2, 0.25) is 0 Å². The van der Waals surface area contributed by atoms with Gasteiger partial charge in [-0.1, -0.05) is 39.0 Å². The van der Waals surface area contributed by atoms with E-state index in [1.165, 1.54) is 51.4 Å². The van der Waals surface area contributed by atoms with Gasteiger partial charge in [0, 0.05) is 30.3 Å². The van der Waals surface area contributed by atoms with Crippen LogP contribution in [-0.4, -0.2) is 35.4 Å². The summed E-state index contributed by atoms with van der Waals surface area (Å²) in [4.78, 5) is 24.8. The zero-order valence-corrected chi connectivity index (χ0v) is 24.4. The Labute approximate surface area is 234 Å². The van der Waals surface area contributed by atoms with Crippen LogP contribution in [0.15, 0.2) is 11.6 Å². The first-order valence-corrected chi connectivity index (χ1v) is 15.8. The summed E-state index contributed by atoms with van der Waals surface area (Å²) < 4.78 is 11.6. The van der Waals surface area contributed by atoms with Crippen molar-refractivity contribution in [3.8, 4) is 11.8 Å². The van der Waals surface area contributed by atoms with Crippen LogP contribution in [0.5, 0.6) is 0 Å². The molecule has 0 saturated heterocycles. The molecule has 0 aromatic heterocycles. The monoisotopic (exact) mass is 536 g/mol. The van der Waals surface area contributed by atoms with Gasteiger partial charge in [0.25, 0.3) is 0 Å². The minimum absolute atomic E-state index is 0.000652. The Morgan fingerprint density at radius 1 is 1.00 bits per heavy atom. The van der Waals surface area contributed by atoms with E-state index in [1.807, 2.05) is 0 Å². The molecule has 2 bridgehead atoms. The first-order valence-electron chi connectivity index (χ1n) is 15.8. The third-order valence-electron chi connectivity index (χ3n) is 12.9. The van der Waals surface area contributed by atoms with Crippen LogP contribution in [0.3, 0.4) is 0 Å². The molecule has 0 amide bonds. The van der Waals surface area contributed by atoms with Crippen LogP contribution in [0, 0.1) is 45.3 Å². The highest BCUT2D eigenvalue weighted by molar-refractivity contribution is 5.85. The van der Waals surface area contributed by atoms with Gasteiger partial charge in [-0.2, -0.15) is 0 Å². The van der Waals surface area contributed by atoms with E-state index in [0.29, 0.717) is 50.0 Å². The Kier molecular flexibility index (Phi) is 6.77. The topological polar surface area (TPSA) is 72.8 Å². The molecule has 6 unspecified atom stereocenters. The van der Waals surface area contributed by atoms with Gasteiger partial charge in [0.15, 0.2) is 0 Å². The van der Waals surface area contributed by atoms with Crippen molar-refractivity contribution < 1.29 is 24.2 Å². The third-order valence-corrected chi connectivity index (χ3v) is 12.9. The highest BCUT2D eigenvalue weighted by atomic mass is 16.5. The summed E-state index contributed by atoms with van der Waals surface area (Å²) in [6.07, 6.45) is 17.7. The molecule has 4 aliphatic carbocycles. The molecule has 6 atom stereocenters. The number of fused-ring (bicyclic) bond motifs is 4. The summed E-state index contributed by atoms with van der Waals surface area (Å²) in [7, 11) is 0. The maximum Gasteiger partial charge on any atom is 0.331 e. The number of hydrogen-bond acceptors (Lipinski definition) is 5. The molecule has 2 heterocycles. The van der Waals surface area contributed by atoms with Crippen molar-refractivity contribution in [1.82, 2.24) is 0 Å². The molecular weight excluding hydrogens is 488 g/mol. The maximum atomic E-state index is 13.1. The molecule has 0 radical (unpaired) electrons. The Morgan fingerprint density at radius 3 is 2.44 bits per heavy atom. The average molecular weight is 537 g/mol. The molecule has 39 heavy (non-hydrogen) atoms. The first-order chi connectivity index (χ1) is 18.5. The molecule has 2 aliphatic heterocycles. The van der Waals surface area contributed by atoms with Crippen LogP contribution >= 0.6 is 0 Å². The van der Waals surface area contributed by atoms with Crippen molar-refractivity contribution in [3.05, 3.63) is 11.6 Å². The van der Waals surface area contributed by atoms with Gasteiger partial charge < -0.3 is 14.6 Å². The van der Waals surface area contributed by atoms with Crippen molar-refractivity contribution in [2.24, 2.45) is 33.5 Å². The minimum Gasteiger partial charge on any atom is -0.462 e. The predicted molar refractivity (Wildman–Crippen MR) is 149 cm³/mol. The first kappa shape index (κ1) is 27.4. The molecule has 4 saturated carbocycles. The Bertz CT molecular complexity index is 1100. The van der Waals surface area contributed by atoms with E-state index < -0.39 is 16.4 Å². The van der Waals surface area contributed by atoms with Crippen LogP contribution in [0.1, 0.15) is 124 Å². The number of hydrogen-bond donors (Lipinski definition) is 1. The maximum absolute atomic E-state index is 13.1. The molecule has 6 rings (SSSR count). The largest absolute Gasteiger partial charge is 0.462 e. The smallest absolute Gasteiger partial charge is 0.331 e. The van der Waals surface area contributed by atoms with Crippen molar-refractivity contribution in [2.45, 2.75) is 135 Å². The van der Waals surface area contributed by atoms with Crippen LogP contribution in [0.4, 0.5) is 0 Å². The van der Waals surface area contributed by atoms with Gasteiger partial charge in [0.05, 0.1) is 17.4 Å². The van der Waals surface area contributed by atoms with Crippen LogP contribution in [0.25, 0.3) is 0 Å². The number of aliphatic hydroxyl groups is 1. The van der Waals surface area contributed by atoms with Crippen LogP contribution in [0.2, 0.25) is 0 Å². The Hall–Kier alpha value is -1.80. The van der Waals surface area contributed by atoms with Crippen molar-refractivity contribution in [2.75, 3.05) is 6.61 Å². The van der Waals surface area contributed by atoms with Gasteiger partial charge in [-0.15, -0.1) is 5.92 Å². The number of carbonyl (C=O) groups is 2. The number of carbonyl (C=O) groups excluding carboxylic acids is 2. The zero-order valence-electron chi connectivity index (χ0n) is 24.4. The second kappa shape index (κ2) is 9.64. The predicted octanol–water partition coefficient (Wildman–Crippen LogP) is 6.66. The molecule has 1 spiro atoms. The van der Waals surface area contributed by atoms with E-state index in [0.717, 1.165) is 24.8 Å². The number of ether oxygens (including phenoxy) is 2. The second-order valence-corrected chi connectivity index (χ2v) is 14.9. The minimum atomic E-state index is -1.07. The Morgan fingerprint density at radius 2 is 1.74 bits per heavy atom. The molecule has 214 valence electrons. The summed E-state index contributed by atoms with van der Waals surface area (Å²) in [6, 6.07) is 0. The van der Waals surface area contributed by atoms with Crippen LogP contribution in [-0.2, 0) is 19.1 Å². The van der Waals surface area contributed by atoms with Gasteiger partial charge in [0.1, 0.15) is 12.7 Å². The highest BCUT2D eigenvalue weighted by Crippen LogP contribution is 2.70. The van der Waals surface area contributed by atoms with Gasteiger partial charge in [-0.3, -0.25) is 4.79 Å². The fourth-order valence-electron chi connectivity index (χ4n) is 10.8. The number of esters is 2. The number of rotatable bonds is 4. The molecule has 1 N–H and O–H groups in total. The van der Waals surface area contributed by atoms with E-state index in [4.69, 9.17) is 9.47 Å². The summed E-state index contributed by atoms with van der Waals surface area (Å²) >= 11 is 0. The zero-order chi connectivity index (χ0) is 27.5. The van der Waals surface area contributed by atoms with Crippen molar-refractivity contribution in [3.63, 3.8) is 0 Å². The lowest BCUT2D eigenvalue weighted by molar-refractivity contribution is -0.277. The lowest BCUT2D eigenvalue weighted by atomic mass is 9.37. The normalized spacial score (nSPS) is 43.7. The summed E-state index contributed by atoms with van der Waals surface area (Å²) in [6.45, 7) is 7.19. The summed E-state index contributed by atoms with van der Waals surface area (Å²) in [5.41, 5.74) is -0.693. The standard InChI is InChI=1S/C34H48O5/c1-30-13-5-4-9-27(35)39-26(22-30)29-31(2,25-11-18-33(19-12-25)16-6-7-17-33)14-8-15-32(29,3)34(30,37)20-10-24-21-28(36)38-23-24/h21,25-26,29,37H,4,6-12,14-20,22-23H2,1-3H3. The molecule has 0 aromatic carbocycles. The summed E-state index contributed by atoms with van der Waals surface area (Å²) in [5, 5.41) is 13.1. The molecule has 4 fully saturated rings. The van der Waals surface area contributed by atoms with E-state index in [-0.39, 0.29) is 29.4 Å². The molecule has 6 aliphatic rings. The Balaban J connectivity index is 1.39. The fourth-order valence-corrected chi connectivity index (χ4v) is 10.8. The quantitative estimate of drug-likeness (QED) is 0.321. The highest BCUT2D eigenvalue weighted by Gasteiger charge is 2.71. The molecular formula is C34H48O5. The van der Waals surface area contributed by atoms with E-state index >= 15 is 0 Å². The SMILES string of the molecule is CC1(C2CCC3(CCCC3)CC2)CCCC2(C)C1C1CC(C)(C#CCCC(=O)O1)C2(O)CCC1=CC(=O)OC1. The van der Waals surface area contributed by atoms with Crippen molar-refractivity contribution in [1.29, 1.82) is 0 Å². The van der Waals surface area contributed by atoms with Gasteiger partial charge in [-0.05, 0) is 93.5 Å². The van der Waals surface area contributed by atoms with Gasteiger partial charge >= 0.3 is 11.9 Å². The molecule has 0 aromatic rings. The van der Waals surface area contributed by atoms with E-state index in [9.17, 15) is 14.7 Å².